The molecule has 162 valence electrons. The molecule has 1 atom stereocenters. The van der Waals surface area contributed by atoms with Crippen molar-refractivity contribution in [3.05, 3.63) is 59.1 Å². The van der Waals surface area contributed by atoms with E-state index in [1.807, 2.05) is 38.1 Å². The third-order valence-corrected chi connectivity index (χ3v) is 7.11. The van der Waals surface area contributed by atoms with E-state index in [2.05, 4.69) is 5.32 Å². The number of sulfonamides is 1. The maximum atomic E-state index is 13.1. The molecule has 0 aliphatic carbocycles. The van der Waals surface area contributed by atoms with E-state index in [-0.39, 0.29) is 16.9 Å². The molecule has 6 nitrogen and oxygen atoms in total. The monoisotopic (exact) mass is 450 g/mol. The second-order valence-corrected chi connectivity index (χ2v) is 9.94. The van der Waals surface area contributed by atoms with Crippen LogP contribution in [-0.2, 0) is 21.4 Å². The molecule has 0 bridgehead atoms. The summed E-state index contributed by atoms with van der Waals surface area (Å²) in [7, 11) is -3.78. The molecule has 1 heterocycles. The van der Waals surface area contributed by atoms with Crippen LogP contribution in [0.5, 0.6) is 5.75 Å². The molecule has 0 spiro atoms. The van der Waals surface area contributed by atoms with E-state index in [9.17, 15) is 13.2 Å². The molecule has 1 amide bonds. The Bertz CT molecular complexity index is 960. The Morgan fingerprint density at radius 3 is 2.43 bits per heavy atom. The van der Waals surface area contributed by atoms with E-state index in [1.54, 1.807) is 12.1 Å². The highest BCUT2D eigenvalue weighted by Crippen LogP contribution is 2.26. The number of nitrogens with one attached hydrogen (secondary N) is 1. The highest BCUT2D eigenvalue weighted by Gasteiger charge is 2.37. The predicted molar refractivity (Wildman–Crippen MR) is 117 cm³/mol. The van der Waals surface area contributed by atoms with Crippen molar-refractivity contribution in [1.82, 2.24) is 9.62 Å². The predicted octanol–water partition coefficient (Wildman–Crippen LogP) is 3.99. The van der Waals surface area contributed by atoms with E-state index >= 15 is 0 Å². The van der Waals surface area contributed by atoms with E-state index in [1.165, 1.54) is 16.4 Å². The van der Waals surface area contributed by atoms with Gasteiger partial charge in [-0.15, -0.1) is 0 Å². The number of carbonyl (C=O) groups excluding carboxylic acids is 1. The zero-order valence-electron chi connectivity index (χ0n) is 17.2. The quantitative estimate of drug-likeness (QED) is 0.692. The first-order chi connectivity index (χ1) is 14.3. The SMILES string of the molecule is CC(C)Oc1ccc(CNC(=O)C2CCCCN2S(=O)(=O)c2ccc(Cl)cc2)cc1. The van der Waals surface area contributed by atoms with Gasteiger partial charge < -0.3 is 10.1 Å². The minimum Gasteiger partial charge on any atom is -0.491 e. The Balaban J connectivity index is 1.68. The fourth-order valence-corrected chi connectivity index (χ4v) is 5.24. The first-order valence-electron chi connectivity index (χ1n) is 10.1. The van der Waals surface area contributed by atoms with Crippen molar-refractivity contribution in [2.75, 3.05) is 6.54 Å². The van der Waals surface area contributed by atoms with Gasteiger partial charge >= 0.3 is 0 Å². The van der Waals surface area contributed by atoms with Crippen LogP contribution in [0.4, 0.5) is 0 Å². The molecule has 2 aromatic rings. The topological polar surface area (TPSA) is 75.7 Å². The van der Waals surface area contributed by atoms with Gasteiger partial charge in [-0.25, -0.2) is 8.42 Å². The Kier molecular flexibility index (Phi) is 7.39. The van der Waals surface area contributed by atoms with Crippen molar-refractivity contribution in [3.8, 4) is 5.75 Å². The zero-order valence-corrected chi connectivity index (χ0v) is 18.7. The van der Waals surface area contributed by atoms with Gasteiger partial charge in [0.2, 0.25) is 15.9 Å². The largest absolute Gasteiger partial charge is 0.491 e. The van der Waals surface area contributed by atoms with Gasteiger partial charge in [0.05, 0.1) is 11.0 Å². The molecule has 0 saturated carbocycles. The summed E-state index contributed by atoms with van der Waals surface area (Å²) in [6.45, 7) is 4.57. The molecule has 30 heavy (non-hydrogen) atoms. The summed E-state index contributed by atoms with van der Waals surface area (Å²) in [5, 5.41) is 3.35. The van der Waals surface area contributed by atoms with Crippen molar-refractivity contribution >= 4 is 27.5 Å². The van der Waals surface area contributed by atoms with Crippen LogP contribution in [0.25, 0.3) is 0 Å². The molecule has 1 fully saturated rings. The summed E-state index contributed by atoms with van der Waals surface area (Å²) in [4.78, 5) is 13.0. The lowest BCUT2D eigenvalue weighted by Crippen LogP contribution is -2.51. The van der Waals surface area contributed by atoms with Crippen LogP contribution in [0, 0.1) is 0 Å². The van der Waals surface area contributed by atoms with Crippen LogP contribution in [0.1, 0.15) is 38.7 Å². The van der Waals surface area contributed by atoms with Crippen LogP contribution in [0.2, 0.25) is 5.02 Å². The highest BCUT2D eigenvalue weighted by atomic mass is 35.5. The molecule has 1 saturated heterocycles. The van der Waals surface area contributed by atoms with Crippen LogP contribution >= 0.6 is 11.6 Å². The van der Waals surface area contributed by atoms with Crippen molar-refractivity contribution in [3.63, 3.8) is 0 Å². The van der Waals surface area contributed by atoms with E-state index in [0.717, 1.165) is 24.2 Å². The standard InChI is InChI=1S/C22H27ClN2O4S/c1-16(2)29-19-10-6-17(7-11-19)15-24-22(26)21-5-3-4-14-25(21)30(27,28)20-12-8-18(23)9-13-20/h6-13,16,21H,3-5,14-15H2,1-2H3,(H,24,26). The van der Waals surface area contributed by atoms with Gasteiger partial charge in [0.1, 0.15) is 11.8 Å². The summed E-state index contributed by atoms with van der Waals surface area (Å²) >= 11 is 5.88. The molecule has 1 aliphatic heterocycles. The molecule has 0 radical (unpaired) electrons. The molecular weight excluding hydrogens is 424 g/mol. The molecule has 1 unspecified atom stereocenters. The van der Waals surface area contributed by atoms with Gasteiger partial charge in [0, 0.05) is 18.1 Å². The van der Waals surface area contributed by atoms with Gasteiger partial charge in [-0.1, -0.05) is 30.2 Å². The first kappa shape index (κ1) is 22.6. The summed E-state index contributed by atoms with van der Waals surface area (Å²) in [5.41, 5.74) is 0.919. The van der Waals surface area contributed by atoms with Crippen LogP contribution < -0.4 is 10.1 Å². The number of carbonyl (C=O) groups is 1. The van der Waals surface area contributed by atoms with Crippen molar-refractivity contribution < 1.29 is 17.9 Å². The average Bonchev–Trinajstić information content (AvgIpc) is 2.73. The number of piperidine rings is 1. The lowest BCUT2D eigenvalue weighted by atomic mass is 10.0. The number of hydrogen-bond acceptors (Lipinski definition) is 4. The molecular formula is C22H27ClN2O4S. The smallest absolute Gasteiger partial charge is 0.243 e. The van der Waals surface area contributed by atoms with E-state index in [0.29, 0.717) is 24.5 Å². The Labute approximate surface area is 183 Å². The number of nitrogens with zero attached hydrogens (tertiary/aromatic N) is 1. The lowest BCUT2D eigenvalue weighted by molar-refractivity contribution is -0.125. The minimum atomic E-state index is -3.78. The number of benzene rings is 2. The number of hydrogen-bond donors (Lipinski definition) is 1. The van der Waals surface area contributed by atoms with Crippen LogP contribution in [0.15, 0.2) is 53.4 Å². The maximum Gasteiger partial charge on any atom is 0.243 e. The maximum absolute atomic E-state index is 13.1. The third-order valence-electron chi connectivity index (χ3n) is 4.94. The average molecular weight is 451 g/mol. The fraction of sp³-hybridized carbons (Fsp3) is 0.409. The van der Waals surface area contributed by atoms with Crippen molar-refractivity contribution in [2.24, 2.45) is 0 Å². The second kappa shape index (κ2) is 9.81. The highest BCUT2D eigenvalue weighted by molar-refractivity contribution is 7.89. The summed E-state index contributed by atoms with van der Waals surface area (Å²) in [6.07, 6.45) is 2.13. The number of amides is 1. The molecule has 1 N–H and O–H groups in total. The van der Waals surface area contributed by atoms with Crippen molar-refractivity contribution in [1.29, 1.82) is 0 Å². The fourth-order valence-electron chi connectivity index (χ4n) is 3.46. The van der Waals surface area contributed by atoms with Crippen molar-refractivity contribution in [2.45, 2.75) is 56.7 Å². The Hall–Kier alpha value is -2.09. The summed E-state index contributed by atoms with van der Waals surface area (Å²) in [5.74, 6) is 0.488. The summed E-state index contributed by atoms with van der Waals surface area (Å²) in [6, 6.07) is 12.8. The molecule has 8 heteroatoms. The number of ether oxygens (including phenoxy) is 1. The third kappa shape index (κ3) is 5.53. The Morgan fingerprint density at radius 1 is 1.13 bits per heavy atom. The normalized spacial score (nSPS) is 17.7. The van der Waals surface area contributed by atoms with E-state index in [4.69, 9.17) is 16.3 Å². The second-order valence-electron chi connectivity index (χ2n) is 7.61. The van der Waals surface area contributed by atoms with Gasteiger partial charge in [-0.3, -0.25) is 4.79 Å². The van der Waals surface area contributed by atoms with Crippen LogP contribution in [-0.4, -0.2) is 37.3 Å². The first-order valence-corrected chi connectivity index (χ1v) is 11.9. The van der Waals surface area contributed by atoms with Gasteiger partial charge in [0.25, 0.3) is 0 Å². The molecule has 3 rings (SSSR count). The Morgan fingerprint density at radius 2 is 1.80 bits per heavy atom. The molecule has 1 aliphatic rings. The van der Waals surface area contributed by atoms with Gasteiger partial charge in [-0.05, 0) is 68.7 Å². The zero-order chi connectivity index (χ0) is 21.7. The molecule has 2 aromatic carbocycles. The lowest BCUT2D eigenvalue weighted by Gasteiger charge is -2.33. The summed E-state index contributed by atoms with van der Waals surface area (Å²) < 4.78 is 33.1. The van der Waals surface area contributed by atoms with Gasteiger partial charge in [-0.2, -0.15) is 4.31 Å². The molecule has 0 aromatic heterocycles. The van der Waals surface area contributed by atoms with Gasteiger partial charge in [0.15, 0.2) is 0 Å². The number of halogens is 1. The van der Waals surface area contributed by atoms with Crippen LogP contribution in [0.3, 0.4) is 0 Å². The van der Waals surface area contributed by atoms with E-state index < -0.39 is 16.1 Å². The minimum absolute atomic E-state index is 0.0930. The number of rotatable bonds is 7.